The monoisotopic (exact) mass is 418 g/mol. The van der Waals surface area contributed by atoms with Gasteiger partial charge in [-0.25, -0.2) is 0 Å². The van der Waals surface area contributed by atoms with Crippen LogP contribution < -0.4 is 5.56 Å². The number of rotatable bonds is 6. The van der Waals surface area contributed by atoms with Crippen LogP contribution in [0.4, 0.5) is 0 Å². The molecule has 0 saturated carbocycles. The van der Waals surface area contributed by atoms with Crippen molar-refractivity contribution in [3.05, 3.63) is 93.7 Å². The molecular formula is C25H30N4O2. The quantitative estimate of drug-likeness (QED) is 0.667. The van der Waals surface area contributed by atoms with E-state index in [-0.39, 0.29) is 17.4 Å². The second kappa shape index (κ2) is 9.45. The predicted octanol–water partition coefficient (Wildman–Crippen LogP) is 3.03. The number of aryl methyl sites for hydroxylation is 1. The van der Waals surface area contributed by atoms with E-state index in [1.54, 1.807) is 23.0 Å². The zero-order valence-corrected chi connectivity index (χ0v) is 18.2. The molecule has 0 amide bonds. The lowest BCUT2D eigenvalue weighted by molar-refractivity contribution is 0.111. The van der Waals surface area contributed by atoms with Gasteiger partial charge in [0.1, 0.15) is 5.75 Å². The zero-order valence-electron chi connectivity index (χ0n) is 18.2. The van der Waals surface area contributed by atoms with Gasteiger partial charge in [-0.1, -0.05) is 37.3 Å². The molecule has 6 nitrogen and oxygen atoms in total. The van der Waals surface area contributed by atoms with Gasteiger partial charge in [-0.2, -0.15) is 0 Å². The van der Waals surface area contributed by atoms with Crippen LogP contribution in [0.3, 0.4) is 0 Å². The van der Waals surface area contributed by atoms with E-state index in [0.717, 1.165) is 49.5 Å². The second-order valence-corrected chi connectivity index (χ2v) is 8.11. The number of nitrogens with zero attached hydrogens (tertiary/aromatic N) is 4. The largest absolute Gasteiger partial charge is 0.507 e. The minimum atomic E-state index is -0.308. The van der Waals surface area contributed by atoms with Crippen LogP contribution in [0, 0.1) is 6.92 Å². The summed E-state index contributed by atoms with van der Waals surface area (Å²) < 4.78 is 1.76. The van der Waals surface area contributed by atoms with Gasteiger partial charge in [-0.05, 0) is 42.8 Å². The molecule has 1 N–H and O–H groups in total. The molecule has 162 valence electrons. The first-order valence-corrected chi connectivity index (χ1v) is 10.9. The van der Waals surface area contributed by atoms with Gasteiger partial charge >= 0.3 is 0 Å². The Morgan fingerprint density at radius 2 is 1.71 bits per heavy atom. The maximum absolute atomic E-state index is 13.7. The molecular weight excluding hydrogens is 388 g/mol. The van der Waals surface area contributed by atoms with Crippen molar-refractivity contribution >= 4 is 0 Å². The Morgan fingerprint density at radius 3 is 2.35 bits per heavy atom. The Balaban J connectivity index is 1.79. The van der Waals surface area contributed by atoms with E-state index in [4.69, 9.17) is 0 Å². The van der Waals surface area contributed by atoms with Crippen LogP contribution in [0.1, 0.15) is 35.3 Å². The SMILES string of the molecule is CCN1CCN([C@H](c2ccncc2)c2c(O)cc(C)n(Cc3ccccc3)c2=O)CC1. The van der Waals surface area contributed by atoms with Crippen molar-refractivity contribution in [3.8, 4) is 5.75 Å². The molecule has 6 heteroatoms. The Hall–Kier alpha value is -2.96. The summed E-state index contributed by atoms with van der Waals surface area (Å²) >= 11 is 0. The van der Waals surface area contributed by atoms with Gasteiger partial charge in [0.25, 0.3) is 5.56 Å². The molecule has 0 spiro atoms. The van der Waals surface area contributed by atoms with Gasteiger partial charge in [-0.15, -0.1) is 0 Å². The highest BCUT2D eigenvalue weighted by molar-refractivity contribution is 5.41. The van der Waals surface area contributed by atoms with E-state index in [1.165, 1.54) is 0 Å². The molecule has 0 radical (unpaired) electrons. The molecule has 0 unspecified atom stereocenters. The summed E-state index contributed by atoms with van der Waals surface area (Å²) in [6.45, 7) is 9.11. The molecule has 0 bridgehead atoms. The highest BCUT2D eigenvalue weighted by Crippen LogP contribution is 2.33. The summed E-state index contributed by atoms with van der Waals surface area (Å²) in [6, 6.07) is 15.2. The zero-order chi connectivity index (χ0) is 21.8. The number of aromatic nitrogens is 2. The average Bonchev–Trinajstić information content (AvgIpc) is 2.81. The van der Waals surface area contributed by atoms with Gasteiger partial charge < -0.3 is 14.6 Å². The lowest BCUT2D eigenvalue weighted by Gasteiger charge is -2.39. The molecule has 4 rings (SSSR count). The summed E-state index contributed by atoms with van der Waals surface area (Å²) in [5.74, 6) is 0.0616. The van der Waals surface area contributed by atoms with Crippen molar-refractivity contribution in [2.24, 2.45) is 0 Å². The van der Waals surface area contributed by atoms with Crippen LogP contribution in [0.2, 0.25) is 0 Å². The summed E-state index contributed by atoms with van der Waals surface area (Å²) in [6.07, 6.45) is 3.50. The van der Waals surface area contributed by atoms with E-state index >= 15 is 0 Å². The molecule has 1 fully saturated rings. The molecule has 1 atom stereocenters. The number of hydrogen-bond acceptors (Lipinski definition) is 5. The summed E-state index contributed by atoms with van der Waals surface area (Å²) in [7, 11) is 0. The van der Waals surface area contributed by atoms with Crippen LogP contribution in [0.5, 0.6) is 5.75 Å². The third kappa shape index (κ3) is 4.55. The fraction of sp³-hybridized carbons (Fsp3) is 0.360. The normalized spacial score (nSPS) is 16.3. The number of benzene rings is 1. The fourth-order valence-corrected chi connectivity index (χ4v) is 4.43. The molecule has 1 saturated heterocycles. The molecule has 31 heavy (non-hydrogen) atoms. The minimum absolute atomic E-state index is 0.0616. The summed E-state index contributed by atoms with van der Waals surface area (Å²) in [4.78, 5) is 22.6. The van der Waals surface area contributed by atoms with E-state index < -0.39 is 0 Å². The first-order valence-electron chi connectivity index (χ1n) is 10.9. The number of aromatic hydroxyl groups is 1. The Morgan fingerprint density at radius 1 is 1.03 bits per heavy atom. The van der Waals surface area contributed by atoms with Crippen molar-refractivity contribution in [2.75, 3.05) is 32.7 Å². The van der Waals surface area contributed by atoms with Crippen molar-refractivity contribution in [1.82, 2.24) is 19.4 Å². The van der Waals surface area contributed by atoms with Gasteiger partial charge in [0, 0.05) is 44.3 Å². The molecule has 1 aliphatic rings. The van der Waals surface area contributed by atoms with E-state index in [2.05, 4.69) is 21.7 Å². The van der Waals surface area contributed by atoms with Crippen molar-refractivity contribution < 1.29 is 5.11 Å². The first kappa shape index (κ1) is 21.3. The highest BCUT2D eigenvalue weighted by atomic mass is 16.3. The highest BCUT2D eigenvalue weighted by Gasteiger charge is 2.31. The van der Waals surface area contributed by atoms with Crippen LogP contribution in [0.25, 0.3) is 0 Å². The number of hydrogen-bond donors (Lipinski definition) is 1. The number of piperazine rings is 1. The summed E-state index contributed by atoms with van der Waals surface area (Å²) in [5.41, 5.74) is 3.09. The summed E-state index contributed by atoms with van der Waals surface area (Å²) in [5, 5.41) is 11.0. The predicted molar refractivity (Wildman–Crippen MR) is 122 cm³/mol. The number of pyridine rings is 2. The van der Waals surface area contributed by atoms with Crippen molar-refractivity contribution in [3.63, 3.8) is 0 Å². The van der Waals surface area contributed by atoms with E-state index in [1.807, 2.05) is 49.4 Å². The third-order valence-electron chi connectivity index (χ3n) is 6.22. The Kier molecular flexibility index (Phi) is 6.49. The van der Waals surface area contributed by atoms with Crippen LogP contribution >= 0.6 is 0 Å². The Labute approximate surface area is 183 Å². The first-order chi connectivity index (χ1) is 15.1. The molecule has 3 aromatic rings. The lowest BCUT2D eigenvalue weighted by Crippen LogP contribution is -2.48. The third-order valence-corrected chi connectivity index (χ3v) is 6.22. The second-order valence-electron chi connectivity index (χ2n) is 8.11. The molecule has 1 aliphatic heterocycles. The molecule has 1 aromatic carbocycles. The molecule has 3 heterocycles. The van der Waals surface area contributed by atoms with Crippen LogP contribution in [-0.2, 0) is 6.54 Å². The maximum Gasteiger partial charge on any atom is 0.259 e. The number of likely N-dealkylation sites (N-methyl/N-ethyl adjacent to an activating group) is 1. The van der Waals surface area contributed by atoms with Gasteiger partial charge in [0.05, 0.1) is 18.2 Å². The fourth-order valence-electron chi connectivity index (χ4n) is 4.43. The maximum atomic E-state index is 13.7. The smallest absolute Gasteiger partial charge is 0.259 e. The standard InChI is InChI=1S/C25H30N4O2/c1-3-27-13-15-28(16-14-27)24(21-9-11-26-12-10-21)23-22(30)17-19(2)29(25(23)31)18-20-7-5-4-6-8-20/h4-12,17,24,30H,3,13-16,18H2,1-2H3/t24-/m1/s1. The Bertz CT molecular complexity index is 1060. The van der Waals surface area contributed by atoms with Crippen LogP contribution in [-0.4, -0.2) is 57.2 Å². The van der Waals surface area contributed by atoms with Crippen LogP contribution in [0.15, 0.2) is 65.7 Å². The van der Waals surface area contributed by atoms with E-state index in [9.17, 15) is 9.90 Å². The van der Waals surface area contributed by atoms with Gasteiger partial charge in [-0.3, -0.25) is 14.7 Å². The molecule has 2 aromatic heterocycles. The van der Waals surface area contributed by atoms with Gasteiger partial charge in [0.2, 0.25) is 0 Å². The molecule has 0 aliphatic carbocycles. The lowest BCUT2D eigenvalue weighted by atomic mass is 9.96. The van der Waals surface area contributed by atoms with Gasteiger partial charge in [0.15, 0.2) is 0 Å². The van der Waals surface area contributed by atoms with Crippen molar-refractivity contribution in [1.29, 1.82) is 0 Å². The topological polar surface area (TPSA) is 61.6 Å². The average molecular weight is 419 g/mol. The van der Waals surface area contributed by atoms with Crippen molar-refractivity contribution in [2.45, 2.75) is 26.4 Å². The van der Waals surface area contributed by atoms with E-state index in [0.29, 0.717) is 12.1 Å². The minimum Gasteiger partial charge on any atom is -0.507 e.